The van der Waals surface area contributed by atoms with Crippen LogP contribution in [0.5, 0.6) is 0 Å². The molecule has 98 valence electrons. The van der Waals surface area contributed by atoms with Crippen LogP contribution in [0.1, 0.15) is 43.0 Å². The highest BCUT2D eigenvalue weighted by Crippen LogP contribution is 2.39. The van der Waals surface area contributed by atoms with Crippen LogP contribution in [0.3, 0.4) is 0 Å². The van der Waals surface area contributed by atoms with E-state index in [2.05, 4.69) is 61.6 Å². The maximum atomic E-state index is 3.61. The normalized spacial score (nSPS) is 14.0. The molecule has 1 unspecified atom stereocenters. The van der Waals surface area contributed by atoms with E-state index in [1.807, 2.05) is 0 Å². The molecule has 2 aromatic carbocycles. The van der Waals surface area contributed by atoms with E-state index in [0.717, 1.165) is 13.0 Å². The van der Waals surface area contributed by atoms with Crippen molar-refractivity contribution in [3.63, 3.8) is 0 Å². The van der Waals surface area contributed by atoms with Gasteiger partial charge in [0.15, 0.2) is 0 Å². The third-order valence-corrected chi connectivity index (χ3v) is 4.05. The Bertz CT molecular complexity index is 586. The van der Waals surface area contributed by atoms with Crippen LogP contribution in [-0.2, 0) is 6.42 Å². The molecule has 1 aliphatic rings. The lowest BCUT2D eigenvalue weighted by molar-refractivity contribution is 0.568. The van der Waals surface area contributed by atoms with Crippen LogP contribution in [0.2, 0.25) is 0 Å². The molecule has 0 saturated heterocycles. The Morgan fingerprint density at radius 2 is 1.84 bits per heavy atom. The van der Waals surface area contributed by atoms with Crippen molar-refractivity contribution in [1.82, 2.24) is 5.32 Å². The highest BCUT2D eigenvalue weighted by Gasteiger charge is 2.22. The Balaban J connectivity index is 1.99. The summed E-state index contributed by atoms with van der Waals surface area (Å²) < 4.78 is 0. The maximum Gasteiger partial charge on any atom is 0.0294 e. The van der Waals surface area contributed by atoms with Gasteiger partial charge in [0.05, 0.1) is 0 Å². The molecule has 0 bridgehead atoms. The van der Waals surface area contributed by atoms with Crippen LogP contribution in [0, 0.1) is 0 Å². The summed E-state index contributed by atoms with van der Waals surface area (Å²) in [5.41, 5.74) is 7.29. The molecule has 19 heavy (non-hydrogen) atoms. The summed E-state index contributed by atoms with van der Waals surface area (Å²) in [6.45, 7) is 5.57. The largest absolute Gasteiger partial charge is 0.310 e. The van der Waals surface area contributed by atoms with Gasteiger partial charge in [0.2, 0.25) is 0 Å². The average Bonchev–Trinajstić information content (AvgIpc) is 2.83. The first-order valence-corrected chi connectivity index (χ1v) is 7.24. The van der Waals surface area contributed by atoms with E-state index in [0.29, 0.717) is 6.04 Å². The lowest BCUT2D eigenvalue weighted by Crippen LogP contribution is -2.20. The molecule has 0 fully saturated rings. The molecule has 1 N–H and O–H groups in total. The summed E-state index contributed by atoms with van der Waals surface area (Å²) in [5.74, 6) is 0. The molecule has 0 aliphatic heterocycles. The number of nitrogens with one attached hydrogen (secondary N) is 1. The lowest BCUT2D eigenvalue weighted by Gasteiger charge is -2.17. The second-order valence-corrected chi connectivity index (χ2v) is 5.38. The zero-order valence-corrected chi connectivity index (χ0v) is 11.7. The van der Waals surface area contributed by atoms with Gasteiger partial charge in [-0.1, -0.05) is 49.4 Å². The zero-order chi connectivity index (χ0) is 13.2. The van der Waals surface area contributed by atoms with Crippen LogP contribution in [0.4, 0.5) is 0 Å². The van der Waals surface area contributed by atoms with E-state index in [4.69, 9.17) is 0 Å². The molecule has 1 aliphatic carbocycles. The Morgan fingerprint density at radius 1 is 1.05 bits per heavy atom. The highest BCUT2D eigenvalue weighted by atomic mass is 14.9. The van der Waals surface area contributed by atoms with E-state index in [1.54, 1.807) is 0 Å². The quantitative estimate of drug-likeness (QED) is 0.728. The third kappa shape index (κ3) is 2.19. The van der Waals surface area contributed by atoms with E-state index in [9.17, 15) is 0 Å². The van der Waals surface area contributed by atoms with Gasteiger partial charge in [-0.15, -0.1) is 0 Å². The van der Waals surface area contributed by atoms with Gasteiger partial charge in [-0.05, 0) is 54.1 Å². The lowest BCUT2D eigenvalue weighted by atomic mass is 9.97. The second kappa shape index (κ2) is 5.18. The van der Waals surface area contributed by atoms with Crippen molar-refractivity contribution in [3.8, 4) is 11.1 Å². The molecule has 0 aromatic heterocycles. The third-order valence-electron chi connectivity index (χ3n) is 4.05. The summed E-state index contributed by atoms with van der Waals surface area (Å²) in [6, 6.07) is 15.9. The van der Waals surface area contributed by atoms with E-state index >= 15 is 0 Å². The summed E-state index contributed by atoms with van der Waals surface area (Å²) in [4.78, 5) is 0. The molecule has 1 nitrogen and oxygen atoms in total. The van der Waals surface area contributed by atoms with E-state index < -0.39 is 0 Å². The Hall–Kier alpha value is -1.60. The van der Waals surface area contributed by atoms with Crippen molar-refractivity contribution in [2.75, 3.05) is 6.54 Å². The summed E-state index contributed by atoms with van der Waals surface area (Å²) in [6.07, 6.45) is 2.26. The Labute approximate surface area is 115 Å². The fraction of sp³-hybridized carbons (Fsp3) is 0.333. The van der Waals surface area contributed by atoms with Crippen molar-refractivity contribution in [2.45, 2.75) is 32.7 Å². The maximum absolute atomic E-state index is 3.61. The topological polar surface area (TPSA) is 12.0 Å². The first-order valence-electron chi connectivity index (χ1n) is 7.24. The number of rotatable bonds is 4. The van der Waals surface area contributed by atoms with Crippen molar-refractivity contribution < 1.29 is 0 Å². The fourth-order valence-electron chi connectivity index (χ4n) is 3.06. The van der Waals surface area contributed by atoms with Gasteiger partial charge in [0, 0.05) is 6.04 Å². The smallest absolute Gasteiger partial charge is 0.0294 e. The van der Waals surface area contributed by atoms with Crippen LogP contribution < -0.4 is 5.32 Å². The minimum absolute atomic E-state index is 0.434. The van der Waals surface area contributed by atoms with Gasteiger partial charge < -0.3 is 5.32 Å². The molecule has 0 amide bonds. The van der Waals surface area contributed by atoms with Crippen LogP contribution in [-0.4, -0.2) is 6.54 Å². The molecule has 1 heteroatoms. The van der Waals surface area contributed by atoms with Gasteiger partial charge in [-0.2, -0.15) is 0 Å². The first kappa shape index (κ1) is 12.4. The number of benzene rings is 2. The number of hydrogen-bond acceptors (Lipinski definition) is 1. The average molecular weight is 251 g/mol. The molecule has 0 radical (unpaired) electrons. The molecule has 3 rings (SSSR count). The number of fused-ring (bicyclic) bond motifs is 3. The van der Waals surface area contributed by atoms with E-state index in [1.165, 1.54) is 34.2 Å². The second-order valence-electron chi connectivity index (χ2n) is 5.38. The first-order chi connectivity index (χ1) is 9.31. The minimum Gasteiger partial charge on any atom is -0.310 e. The Morgan fingerprint density at radius 3 is 2.68 bits per heavy atom. The van der Waals surface area contributed by atoms with Gasteiger partial charge in [0.1, 0.15) is 0 Å². The van der Waals surface area contributed by atoms with Gasteiger partial charge >= 0.3 is 0 Å². The summed E-state index contributed by atoms with van der Waals surface area (Å²) >= 11 is 0. The molecule has 0 spiro atoms. The Kier molecular flexibility index (Phi) is 3.39. The predicted molar refractivity (Wildman–Crippen MR) is 81.4 cm³/mol. The minimum atomic E-state index is 0.434. The molecule has 0 heterocycles. The van der Waals surface area contributed by atoms with Gasteiger partial charge in [-0.3, -0.25) is 0 Å². The van der Waals surface area contributed by atoms with Gasteiger partial charge in [0.25, 0.3) is 0 Å². The summed E-state index contributed by atoms with van der Waals surface area (Å²) in [7, 11) is 0. The van der Waals surface area contributed by atoms with Gasteiger partial charge in [-0.25, -0.2) is 0 Å². The SMILES string of the molecule is CCCNC(C)c1cccc2c1Cc1ccccc1-2. The van der Waals surface area contributed by atoms with Crippen molar-refractivity contribution >= 4 is 0 Å². The predicted octanol–water partition coefficient (Wildman–Crippen LogP) is 4.32. The molecule has 2 aromatic rings. The number of hydrogen-bond donors (Lipinski definition) is 1. The monoisotopic (exact) mass is 251 g/mol. The van der Waals surface area contributed by atoms with Crippen molar-refractivity contribution in [1.29, 1.82) is 0 Å². The highest BCUT2D eigenvalue weighted by molar-refractivity contribution is 5.78. The van der Waals surface area contributed by atoms with E-state index in [-0.39, 0.29) is 0 Å². The fourth-order valence-corrected chi connectivity index (χ4v) is 3.06. The molecular formula is C18H21N. The van der Waals surface area contributed by atoms with Crippen molar-refractivity contribution in [2.24, 2.45) is 0 Å². The molecule has 0 saturated carbocycles. The molecule has 1 atom stereocenters. The van der Waals surface area contributed by atoms with Crippen molar-refractivity contribution in [3.05, 3.63) is 59.2 Å². The zero-order valence-electron chi connectivity index (χ0n) is 11.7. The summed E-state index contributed by atoms with van der Waals surface area (Å²) in [5, 5.41) is 3.61. The van der Waals surface area contributed by atoms with Crippen LogP contribution in [0.15, 0.2) is 42.5 Å². The standard InChI is InChI=1S/C18H21N/c1-3-11-19-13(2)15-9-6-10-17-16-8-5-4-7-14(16)12-18(15)17/h4-10,13,19H,3,11-12H2,1-2H3. The molecular weight excluding hydrogens is 230 g/mol. The van der Waals surface area contributed by atoms with Crippen LogP contribution in [0.25, 0.3) is 11.1 Å². The van der Waals surface area contributed by atoms with Crippen LogP contribution >= 0.6 is 0 Å².